The Morgan fingerprint density at radius 3 is 2.42 bits per heavy atom. The first kappa shape index (κ1) is 16.0. The minimum absolute atomic E-state index is 0.468. The number of ether oxygens (including phenoxy) is 1. The topological polar surface area (TPSA) is 21.3 Å². The van der Waals surface area contributed by atoms with Gasteiger partial charge in [-0.15, -0.1) is 0 Å². The van der Waals surface area contributed by atoms with E-state index < -0.39 is 0 Å². The minimum Gasteiger partial charge on any atom is -0.496 e. The normalized spacial score (nSPS) is 15.8. The Labute approximate surface area is 118 Å². The fraction of sp³-hybridized carbons (Fsp3) is 0.647. The van der Waals surface area contributed by atoms with Gasteiger partial charge in [0, 0.05) is 12.1 Å². The van der Waals surface area contributed by atoms with E-state index in [2.05, 4.69) is 45.1 Å². The molecule has 0 aliphatic heterocycles. The van der Waals surface area contributed by atoms with E-state index in [1.807, 2.05) is 12.1 Å². The van der Waals surface area contributed by atoms with Gasteiger partial charge in [-0.3, -0.25) is 0 Å². The fourth-order valence-corrected chi connectivity index (χ4v) is 2.58. The van der Waals surface area contributed by atoms with Gasteiger partial charge in [-0.1, -0.05) is 38.5 Å². The summed E-state index contributed by atoms with van der Waals surface area (Å²) in [5.74, 6) is 1.78. The summed E-state index contributed by atoms with van der Waals surface area (Å²) >= 11 is 0. The van der Waals surface area contributed by atoms with Crippen LogP contribution in [0.2, 0.25) is 0 Å². The van der Waals surface area contributed by atoms with E-state index in [1.54, 1.807) is 7.11 Å². The molecule has 0 aromatic heterocycles. The molecule has 1 aromatic carbocycles. The van der Waals surface area contributed by atoms with E-state index in [0.29, 0.717) is 12.1 Å². The van der Waals surface area contributed by atoms with E-state index >= 15 is 0 Å². The van der Waals surface area contributed by atoms with Crippen molar-refractivity contribution >= 4 is 0 Å². The second-order valence-corrected chi connectivity index (χ2v) is 5.73. The Bertz CT molecular complexity index is 364. The van der Waals surface area contributed by atoms with Crippen LogP contribution in [0.4, 0.5) is 0 Å². The molecule has 3 atom stereocenters. The molecule has 0 heterocycles. The van der Waals surface area contributed by atoms with Gasteiger partial charge < -0.3 is 10.1 Å². The van der Waals surface area contributed by atoms with E-state index in [-0.39, 0.29) is 0 Å². The van der Waals surface area contributed by atoms with Crippen molar-refractivity contribution in [2.24, 2.45) is 5.92 Å². The maximum absolute atomic E-state index is 5.41. The number of benzene rings is 1. The molecule has 0 aliphatic carbocycles. The van der Waals surface area contributed by atoms with Crippen molar-refractivity contribution < 1.29 is 4.74 Å². The second kappa shape index (κ2) is 8.21. The molecule has 2 nitrogen and oxygen atoms in total. The summed E-state index contributed by atoms with van der Waals surface area (Å²) in [6.45, 7) is 9.11. The monoisotopic (exact) mass is 263 g/mol. The van der Waals surface area contributed by atoms with Gasteiger partial charge in [0.05, 0.1) is 7.11 Å². The zero-order chi connectivity index (χ0) is 14.3. The van der Waals surface area contributed by atoms with Crippen LogP contribution in [0.25, 0.3) is 0 Å². The highest BCUT2D eigenvalue weighted by atomic mass is 16.5. The van der Waals surface area contributed by atoms with E-state index in [0.717, 1.165) is 18.1 Å². The summed E-state index contributed by atoms with van der Waals surface area (Å²) < 4.78 is 5.41. The Kier molecular flexibility index (Phi) is 6.93. The van der Waals surface area contributed by atoms with Crippen LogP contribution in [0.5, 0.6) is 5.75 Å². The highest BCUT2D eigenvalue weighted by Gasteiger charge is 2.12. The summed E-state index contributed by atoms with van der Waals surface area (Å²) in [7, 11) is 1.74. The van der Waals surface area contributed by atoms with Crippen LogP contribution in [-0.4, -0.2) is 19.2 Å². The third-order valence-electron chi connectivity index (χ3n) is 3.74. The molecule has 0 radical (unpaired) electrons. The van der Waals surface area contributed by atoms with Crippen molar-refractivity contribution in [3.8, 4) is 5.75 Å². The molecule has 0 bridgehead atoms. The van der Waals surface area contributed by atoms with Crippen LogP contribution in [-0.2, 0) is 6.42 Å². The van der Waals surface area contributed by atoms with Crippen LogP contribution in [0.15, 0.2) is 24.3 Å². The Morgan fingerprint density at radius 1 is 1.11 bits per heavy atom. The van der Waals surface area contributed by atoms with Crippen LogP contribution < -0.4 is 10.1 Å². The summed E-state index contributed by atoms with van der Waals surface area (Å²) in [6, 6.07) is 9.31. The molecule has 1 rings (SSSR count). The Balaban J connectivity index is 2.48. The lowest BCUT2D eigenvalue weighted by atomic mass is 9.99. The highest BCUT2D eigenvalue weighted by molar-refractivity contribution is 5.33. The lowest BCUT2D eigenvalue weighted by Crippen LogP contribution is -2.36. The number of rotatable bonds is 8. The van der Waals surface area contributed by atoms with Gasteiger partial charge in [-0.2, -0.15) is 0 Å². The third kappa shape index (κ3) is 5.65. The van der Waals surface area contributed by atoms with Crippen LogP contribution in [0.1, 0.15) is 46.1 Å². The van der Waals surface area contributed by atoms with Crippen molar-refractivity contribution in [3.05, 3.63) is 29.8 Å². The number of para-hydroxylation sites is 1. The average Bonchev–Trinajstić information content (AvgIpc) is 2.38. The Morgan fingerprint density at radius 2 is 1.79 bits per heavy atom. The first-order valence-electron chi connectivity index (χ1n) is 7.44. The zero-order valence-electron chi connectivity index (χ0n) is 13.1. The van der Waals surface area contributed by atoms with Gasteiger partial charge in [0.15, 0.2) is 0 Å². The number of hydrogen-bond acceptors (Lipinski definition) is 2. The number of nitrogens with one attached hydrogen (secondary N) is 1. The maximum Gasteiger partial charge on any atom is 0.122 e. The van der Waals surface area contributed by atoms with Gasteiger partial charge in [0.2, 0.25) is 0 Å². The lowest BCUT2D eigenvalue weighted by molar-refractivity contribution is 0.374. The van der Waals surface area contributed by atoms with Crippen molar-refractivity contribution in [2.45, 2.75) is 59.0 Å². The van der Waals surface area contributed by atoms with Gasteiger partial charge >= 0.3 is 0 Å². The van der Waals surface area contributed by atoms with Gasteiger partial charge in [0.1, 0.15) is 5.75 Å². The van der Waals surface area contributed by atoms with Gasteiger partial charge in [-0.05, 0) is 44.2 Å². The van der Waals surface area contributed by atoms with Crippen LogP contribution in [0.3, 0.4) is 0 Å². The summed E-state index contributed by atoms with van der Waals surface area (Å²) in [6.07, 6.45) is 3.51. The molecule has 0 amide bonds. The quantitative estimate of drug-likeness (QED) is 0.764. The smallest absolute Gasteiger partial charge is 0.122 e. The number of hydrogen-bond donors (Lipinski definition) is 1. The average molecular weight is 263 g/mol. The molecule has 1 N–H and O–H groups in total. The molecule has 19 heavy (non-hydrogen) atoms. The molecule has 0 fully saturated rings. The predicted octanol–water partition coefficient (Wildman–Crippen LogP) is 4.04. The van der Waals surface area contributed by atoms with Crippen LogP contribution in [0, 0.1) is 5.92 Å². The first-order chi connectivity index (χ1) is 9.06. The molecule has 108 valence electrons. The third-order valence-corrected chi connectivity index (χ3v) is 3.74. The summed E-state index contributed by atoms with van der Waals surface area (Å²) in [4.78, 5) is 0. The lowest BCUT2D eigenvalue weighted by Gasteiger charge is -2.23. The zero-order valence-corrected chi connectivity index (χ0v) is 13.1. The molecule has 0 spiro atoms. The van der Waals surface area contributed by atoms with E-state index in [1.165, 1.54) is 18.4 Å². The minimum atomic E-state index is 0.468. The fourth-order valence-electron chi connectivity index (χ4n) is 2.58. The molecule has 0 aliphatic rings. The molecule has 2 heteroatoms. The highest BCUT2D eigenvalue weighted by Crippen LogP contribution is 2.19. The van der Waals surface area contributed by atoms with Crippen molar-refractivity contribution in [1.29, 1.82) is 0 Å². The number of methoxy groups -OCH3 is 1. The van der Waals surface area contributed by atoms with Crippen molar-refractivity contribution in [1.82, 2.24) is 5.32 Å². The largest absolute Gasteiger partial charge is 0.496 e. The van der Waals surface area contributed by atoms with E-state index in [9.17, 15) is 0 Å². The van der Waals surface area contributed by atoms with E-state index in [4.69, 9.17) is 4.74 Å². The Hall–Kier alpha value is -1.02. The molecule has 0 saturated heterocycles. The maximum atomic E-state index is 5.41. The van der Waals surface area contributed by atoms with Crippen molar-refractivity contribution in [3.63, 3.8) is 0 Å². The molecular weight excluding hydrogens is 234 g/mol. The standard InChI is InChI=1S/C17H29NO/c1-6-13(2)11-14(3)18-15(4)12-16-9-7-8-10-17(16)19-5/h7-10,13-15,18H,6,11-12H2,1-5H3. The predicted molar refractivity (Wildman–Crippen MR) is 82.8 cm³/mol. The molecule has 3 unspecified atom stereocenters. The van der Waals surface area contributed by atoms with Crippen LogP contribution >= 0.6 is 0 Å². The van der Waals surface area contributed by atoms with Gasteiger partial charge in [-0.25, -0.2) is 0 Å². The SMILES string of the molecule is CCC(C)CC(C)NC(C)Cc1ccccc1OC. The second-order valence-electron chi connectivity index (χ2n) is 5.73. The molecular formula is C17H29NO. The first-order valence-corrected chi connectivity index (χ1v) is 7.44. The molecule has 1 aromatic rings. The van der Waals surface area contributed by atoms with Gasteiger partial charge in [0.25, 0.3) is 0 Å². The van der Waals surface area contributed by atoms with Crippen molar-refractivity contribution in [2.75, 3.05) is 7.11 Å². The molecule has 0 saturated carbocycles. The summed E-state index contributed by atoms with van der Waals surface area (Å²) in [5.41, 5.74) is 1.28. The summed E-state index contributed by atoms with van der Waals surface area (Å²) in [5, 5.41) is 3.69.